The minimum Gasteiger partial charge on any atom is -0.464 e. The van der Waals surface area contributed by atoms with Gasteiger partial charge in [-0.15, -0.1) is 0 Å². The van der Waals surface area contributed by atoms with Gasteiger partial charge in [-0.05, 0) is 43.9 Å². The van der Waals surface area contributed by atoms with Crippen LogP contribution in [0.2, 0.25) is 0 Å². The minimum absolute atomic E-state index is 0.0477. The molecule has 1 aliphatic rings. The molecule has 1 fully saturated rings. The molecule has 0 spiro atoms. The molecule has 16 heavy (non-hydrogen) atoms. The van der Waals surface area contributed by atoms with Crippen molar-refractivity contribution in [2.75, 3.05) is 6.61 Å². The fourth-order valence-electron chi connectivity index (χ4n) is 2.70. The van der Waals surface area contributed by atoms with E-state index in [4.69, 9.17) is 4.74 Å². The molecule has 0 heterocycles. The fourth-order valence-corrected chi connectivity index (χ4v) is 2.70. The Morgan fingerprint density at radius 3 is 2.50 bits per heavy atom. The first-order chi connectivity index (χ1) is 7.35. The zero-order valence-corrected chi connectivity index (χ0v) is 10.9. The van der Waals surface area contributed by atoms with Crippen molar-refractivity contribution in [3.05, 3.63) is 0 Å². The standard InChI is InChI=1S/C13H24O3/c1-5-13(15,11(14)16-6-2)10-7-8-12(3,4)9-10/h10,15H,5-9H2,1-4H3. The second-order valence-electron chi connectivity index (χ2n) is 5.60. The van der Waals surface area contributed by atoms with Crippen LogP contribution in [-0.2, 0) is 9.53 Å². The lowest BCUT2D eigenvalue weighted by molar-refractivity contribution is -0.172. The average Bonchev–Trinajstić information content (AvgIpc) is 2.58. The topological polar surface area (TPSA) is 46.5 Å². The number of carbonyl (C=O) groups excluding carboxylic acids is 1. The van der Waals surface area contributed by atoms with Crippen molar-refractivity contribution in [1.29, 1.82) is 0 Å². The Morgan fingerprint density at radius 1 is 1.50 bits per heavy atom. The number of rotatable bonds is 4. The first-order valence-electron chi connectivity index (χ1n) is 6.25. The van der Waals surface area contributed by atoms with Crippen LogP contribution in [0.1, 0.15) is 53.4 Å². The van der Waals surface area contributed by atoms with Crippen LogP contribution in [0.4, 0.5) is 0 Å². The Hall–Kier alpha value is -0.570. The molecule has 1 rings (SSSR count). The van der Waals surface area contributed by atoms with Crippen LogP contribution in [0, 0.1) is 11.3 Å². The predicted octanol–water partition coefficient (Wildman–Crippen LogP) is 2.52. The van der Waals surface area contributed by atoms with E-state index in [2.05, 4.69) is 13.8 Å². The van der Waals surface area contributed by atoms with Gasteiger partial charge in [0.15, 0.2) is 5.60 Å². The molecule has 1 saturated carbocycles. The molecule has 94 valence electrons. The minimum atomic E-state index is -1.27. The summed E-state index contributed by atoms with van der Waals surface area (Å²) in [5, 5.41) is 10.5. The van der Waals surface area contributed by atoms with E-state index in [1.807, 2.05) is 6.92 Å². The van der Waals surface area contributed by atoms with Crippen LogP contribution in [0.5, 0.6) is 0 Å². The maximum Gasteiger partial charge on any atom is 0.338 e. The largest absolute Gasteiger partial charge is 0.464 e. The quantitative estimate of drug-likeness (QED) is 0.752. The highest BCUT2D eigenvalue weighted by molar-refractivity contribution is 5.79. The van der Waals surface area contributed by atoms with E-state index in [0.717, 1.165) is 19.3 Å². The van der Waals surface area contributed by atoms with Crippen LogP contribution in [-0.4, -0.2) is 23.3 Å². The summed E-state index contributed by atoms with van der Waals surface area (Å²) in [5.41, 5.74) is -1.04. The van der Waals surface area contributed by atoms with Gasteiger partial charge in [-0.1, -0.05) is 20.8 Å². The number of hydrogen-bond acceptors (Lipinski definition) is 3. The average molecular weight is 228 g/mol. The molecular weight excluding hydrogens is 204 g/mol. The zero-order valence-electron chi connectivity index (χ0n) is 10.9. The molecule has 0 aromatic heterocycles. The molecule has 0 saturated heterocycles. The normalized spacial score (nSPS) is 27.4. The summed E-state index contributed by atoms with van der Waals surface area (Å²) in [7, 11) is 0. The molecular formula is C13H24O3. The number of ether oxygens (including phenoxy) is 1. The van der Waals surface area contributed by atoms with Gasteiger partial charge < -0.3 is 9.84 Å². The highest BCUT2D eigenvalue weighted by atomic mass is 16.5. The molecule has 0 aliphatic heterocycles. The third-order valence-corrected chi connectivity index (χ3v) is 3.81. The molecule has 1 N–H and O–H groups in total. The smallest absolute Gasteiger partial charge is 0.338 e. The Labute approximate surface area is 98.2 Å². The van der Waals surface area contributed by atoms with Crippen molar-refractivity contribution >= 4 is 5.97 Å². The maximum atomic E-state index is 11.8. The monoisotopic (exact) mass is 228 g/mol. The SMILES string of the molecule is CCOC(=O)C(O)(CC)C1CCC(C)(C)C1. The van der Waals surface area contributed by atoms with Crippen LogP contribution in [0.15, 0.2) is 0 Å². The zero-order chi connectivity index (χ0) is 12.4. The second-order valence-corrected chi connectivity index (χ2v) is 5.60. The lowest BCUT2D eigenvalue weighted by atomic mass is 9.81. The number of aliphatic hydroxyl groups is 1. The van der Waals surface area contributed by atoms with Gasteiger partial charge in [-0.25, -0.2) is 4.79 Å². The summed E-state index contributed by atoms with van der Waals surface area (Å²) < 4.78 is 4.99. The fraction of sp³-hybridized carbons (Fsp3) is 0.923. The van der Waals surface area contributed by atoms with Gasteiger partial charge in [0, 0.05) is 0 Å². The predicted molar refractivity (Wildman–Crippen MR) is 63.0 cm³/mol. The van der Waals surface area contributed by atoms with E-state index in [-0.39, 0.29) is 11.3 Å². The van der Waals surface area contributed by atoms with Gasteiger partial charge in [-0.2, -0.15) is 0 Å². The van der Waals surface area contributed by atoms with Crippen molar-refractivity contribution in [3.63, 3.8) is 0 Å². The van der Waals surface area contributed by atoms with Gasteiger partial charge >= 0.3 is 5.97 Å². The second kappa shape index (κ2) is 4.74. The Kier molecular flexibility index (Phi) is 4.00. The Balaban J connectivity index is 2.77. The van der Waals surface area contributed by atoms with E-state index < -0.39 is 11.6 Å². The molecule has 3 heteroatoms. The summed E-state index contributed by atoms with van der Waals surface area (Å²) in [4.78, 5) is 11.8. The van der Waals surface area contributed by atoms with E-state index >= 15 is 0 Å². The van der Waals surface area contributed by atoms with E-state index in [1.165, 1.54) is 0 Å². The third-order valence-electron chi connectivity index (χ3n) is 3.81. The van der Waals surface area contributed by atoms with Crippen molar-refractivity contribution in [2.24, 2.45) is 11.3 Å². The lowest BCUT2D eigenvalue weighted by Gasteiger charge is -2.31. The molecule has 0 amide bonds. The van der Waals surface area contributed by atoms with Gasteiger partial charge in [0.05, 0.1) is 6.61 Å². The van der Waals surface area contributed by atoms with Gasteiger partial charge in [0.25, 0.3) is 0 Å². The van der Waals surface area contributed by atoms with Crippen LogP contribution in [0.25, 0.3) is 0 Å². The summed E-state index contributed by atoms with van der Waals surface area (Å²) in [5.74, 6) is -0.397. The van der Waals surface area contributed by atoms with Crippen molar-refractivity contribution < 1.29 is 14.6 Å². The molecule has 0 aromatic carbocycles. The van der Waals surface area contributed by atoms with Gasteiger partial charge in [-0.3, -0.25) is 0 Å². The van der Waals surface area contributed by atoms with Gasteiger partial charge in [0.2, 0.25) is 0 Å². The van der Waals surface area contributed by atoms with Gasteiger partial charge in [0.1, 0.15) is 0 Å². The number of hydrogen-bond donors (Lipinski definition) is 1. The summed E-state index contributed by atoms with van der Waals surface area (Å²) in [6, 6.07) is 0. The van der Waals surface area contributed by atoms with E-state index in [1.54, 1.807) is 6.92 Å². The van der Waals surface area contributed by atoms with Crippen molar-refractivity contribution in [1.82, 2.24) is 0 Å². The first kappa shape index (κ1) is 13.5. The molecule has 1 aliphatic carbocycles. The summed E-state index contributed by atoms with van der Waals surface area (Å²) >= 11 is 0. The molecule has 0 aromatic rings. The molecule has 2 unspecified atom stereocenters. The van der Waals surface area contributed by atoms with E-state index in [0.29, 0.717) is 13.0 Å². The highest BCUT2D eigenvalue weighted by Crippen LogP contribution is 2.46. The Bertz CT molecular complexity index is 260. The van der Waals surface area contributed by atoms with Crippen molar-refractivity contribution in [3.8, 4) is 0 Å². The Morgan fingerprint density at radius 2 is 2.12 bits per heavy atom. The summed E-state index contributed by atoms with van der Waals surface area (Å²) in [6.45, 7) is 8.33. The number of esters is 1. The molecule has 3 nitrogen and oxygen atoms in total. The lowest BCUT2D eigenvalue weighted by Crippen LogP contribution is -2.46. The maximum absolute atomic E-state index is 11.8. The molecule has 0 bridgehead atoms. The van der Waals surface area contributed by atoms with Crippen LogP contribution >= 0.6 is 0 Å². The number of carbonyl (C=O) groups is 1. The summed E-state index contributed by atoms with van der Waals surface area (Å²) in [6.07, 6.45) is 3.32. The van der Waals surface area contributed by atoms with Crippen molar-refractivity contribution in [2.45, 2.75) is 59.0 Å². The molecule has 2 atom stereocenters. The van der Waals surface area contributed by atoms with Crippen LogP contribution < -0.4 is 0 Å². The van der Waals surface area contributed by atoms with Crippen LogP contribution in [0.3, 0.4) is 0 Å². The first-order valence-corrected chi connectivity index (χ1v) is 6.25. The highest BCUT2D eigenvalue weighted by Gasteiger charge is 2.48. The molecule has 0 radical (unpaired) electrons. The third kappa shape index (κ3) is 2.57. The van der Waals surface area contributed by atoms with E-state index in [9.17, 15) is 9.90 Å².